The van der Waals surface area contributed by atoms with Crippen molar-refractivity contribution in [2.45, 2.75) is 26.4 Å². The molecular weight excluding hydrogens is 360 g/mol. The number of rotatable bonds is 7. The molecule has 6 heteroatoms. The van der Waals surface area contributed by atoms with Crippen LogP contribution in [0.3, 0.4) is 0 Å². The first-order valence-corrected chi connectivity index (χ1v) is 10.1. The Kier molecular flexibility index (Phi) is 6.63. The van der Waals surface area contributed by atoms with E-state index in [9.17, 15) is 9.59 Å². The molecule has 1 aromatic carbocycles. The van der Waals surface area contributed by atoms with Crippen LogP contribution in [0.4, 0.5) is 0 Å². The summed E-state index contributed by atoms with van der Waals surface area (Å²) in [6.07, 6.45) is 0.927. The zero-order valence-corrected chi connectivity index (χ0v) is 16.7. The maximum Gasteiger partial charge on any atom is 0.309 e. The number of amides is 1. The molecule has 0 saturated carbocycles. The average Bonchev–Trinajstić information content (AvgIpc) is 3.15. The van der Waals surface area contributed by atoms with Crippen LogP contribution in [0, 0.1) is 5.92 Å². The molecule has 1 atom stereocenters. The van der Waals surface area contributed by atoms with E-state index in [0.29, 0.717) is 26.2 Å². The van der Waals surface area contributed by atoms with E-state index in [-0.39, 0.29) is 17.8 Å². The normalized spacial score (nSPS) is 14.7. The van der Waals surface area contributed by atoms with E-state index in [1.165, 1.54) is 17.6 Å². The highest BCUT2D eigenvalue weighted by Gasteiger charge is 2.25. The second-order valence-electron chi connectivity index (χ2n) is 7.01. The van der Waals surface area contributed by atoms with Crippen LogP contribution < -0.4 is 0 Å². The highest BCUT2D eigenvalue weighted by molar-refractivity contribution is 7.10. The summed E-state index contributed by atoms with van der Waals surface area (Å²) in [7, 11) is 1.40. The van der Waals surface area contributed by atoms with Crippen molar-refractivity contribution in [3.8, 4) is 0 Å². The average molecular weight is 387 g/mol. The van der Waals surface area contributed by atoms with E-state index in [1.807, 2.05) is 47.1 Å². The number of esters is 1. The lowest BCUT2D eigenvalue weighted by molar-refractivity contribution is -0.146. The Bertz CT molecular complexity index is 775. The molecule has 2 heterocycles. The lowest BCUT2D eigenvalue weighted by Gasteiger charge is -2.31. The number of carbonyl (C=O) groups excluding carboxylic acids is 2. The summed E-state index contributed by atoms with van der Waals surface area (Å²) in [6.45, 7) is 4.71. The van der Waals surface area contributed by atoms with Gasteiger partial charge in [0.05, 0.1) is 19.6 Å². The number of benzene rings is 1. The van der Waals surface area contributed by atoms with E-state index in [4.69, 9.17) is 4.74 Å². The van der Waals surface area contributed by atoms with Crippen LogP contribution in [0.25, 0.3) is 0 Å². The Morgan fingerprint density at radius 1 is 1.26 bits per heavy atom. The van der Waals surface area contributed by atoms with Gasteiger partial charge in [0.2, 0.25) is 5.91 Å². The lowest BCUT2D eigenvalue weighted by atomic mass is 10.1. The molecule has 0 bridgehead atoms. The number of thiophene rings is 1. The predicted octanol–water partition coefficient (Wildman–Crippen LogP) is 2.94. The van der Waals surface area contributed by atoms with Crippen LogP contribution in [0.2, 0.25) is 0 Å². The van der Waals surface area contributed by atoms with Crippen LogP contribution in [-0.2, 0) is 33.8 Å². The molecule has 1 amide bonds. The molecule has 1 aliphatic heterocycles. The first-order chi connectivity index (χ1) is 13.1. The number of ether oxygens (including phenoxy) is 1. The highest BCUT2D eigenvalue weighted by atomic mass is 32.1. The first-order valence-electron chi connectivity index (χ1n) is 9.24. The van der Waals surface area contributed by atoms with Crippen molar-refractivity contribution in [3.05, 3.63) is 57.8 Å². The summed E-state index contributed by atoms with van der Waals surface area (Å²) in [6, 6.07) is 12.1. The number of fused-ring (bicyclic) bond motifs is 1. The monoisotopic (exact) mass is 386 g/mol. The fourth-order valence-corrected chi connectivity index (χ4v) is 4.33. The van der Waals surface area contributed by atoms with Crippen LogP contribution in [-0.4, -0.2) is 48.4 Å². The Labute approximate surface area is 164 Å². The van der Waals surface area contributed by atoms with Gasteiger partial charge in [-0.1, -0.05) is 37.3 Å². The standard InChI is InChI=1S/C21H26N2O3S/c1-16(21(25)26-2)12-22(13-17-6-4-3-5-7-17)15-20(24)23-10-8-19-18(14-23)9-11-27-19/h3-7,9,11,16H,8,10,12-15H2,1-2H3. The predicted molar refractivity (Wildman–Crippen MR) is 106 cm³/mol. The van der Waals surface area contributed by atoms with Gasteiger partial charge in [-0.25, -0.2) is 0 Å². The molecule has 1 aromatic heterocycles. The maximum atomic E-state index is 12.9. The van der Waals surface area contributed by atoms with Crippen molar-refractivity contribution in [2.24, 2.45) is 5.92 Å². The molecule has 0 spiro atoms. The molecule has 27 heavy (non-hydrogen) atoms. The van der Waals surface area contributed by atoms with Gasteiger partial charge in [0.15, 0.2) is 0 Å². The fourth-order valence-electron chi connectivity index (χ4n) is 3.44. The first kappa shape index (κ1) is 19.6. The number of methoxy groups -OCH3 is 1. The van der Waals surface area contributed by atoms with Gasteiger partial charge in [0, 0.05) is 31.1 Å². The second kappa shape index (κ2) is 9.15. The number of nitrogens with zero attached hydrogens (tertiary/aromatic N) is 2. The molecule has 0 radical (unpaired) electrons. The second-order valence-corrected chi connectivity index (χ2v) is 8.01. The van der Waals surface area contributed by atoms with Crippen LogP contribution in [0.5, 0.6) is 0 Å². The van der Waals surface area contributed by atoms with Crippen LogP contribution in [0.15, 0.2) is 41.8 Å². The molecule has 1 unspecified atom stereocenters. The number of hydrogen-bond donors (Lipinski definition) is 0. The van der Waals surface area contributed by atoms with Gasteiger partial charge in [0.25, 0.3) is 0 Å². The SMILES string of the molecule is COC(=O)C(C)CN(CC(=O)N1CCc2sccc2C1)Cc1ccccc1. The van der Waals surface area contributed by atoms with Gasteiger partial charge in [-0.05, 0) is 29.0 Å². The van der Waals surface area contributed by atoms with Gasteiger partial charge < -0.3 is 9.64 Å². The van der Waals surface area contributed by atoms with Crippen molar-refractivity contribution >= 4 is 23.2 Å². The number of hydrogen-bond acceptors (Lipinski definition) is 5. The highest BCUT2D eigenvalue weighted by Crippen LogP contribution is 2.24. The molecule has 0 aliphatic carbocycles. The molecule has 1 aliphatic rings. The summed E-state index contributed by atoms with van der Waals surface area (Å²) >= 11 is 1.77. The van der Waals surface area contributed by atoms with E-state index in [2.05, 4.69) is 11.4 Å². The molecule has 144 valence electrons. The van der Waals surface area contributed by atoms with Crippen molar-refractivity contribution in [3.63, 3.8) is 0 Å². The third kappa shape index (κ3) is 5.17. The molecule has 2 aromatic rings. The summed E-state index contributed by atoms with van der Waals surface area (Å²) < 4.78 is 4.85. The van der Waals surface area contributed by atoms with E-state index in [0.717, 1.165) is 18.5 Å². The Balaban J connectivity index is 1.66. The maximum absolute atomic E-state index is 12.9. The number of carbonyl (C=O) groups is 2. The molecule has 0 saturated heterocycles. The van der Waals surface area contributed by atoms with Crippen molar-refractivity contribution < 1.29 is 14.3 Å². The minimum Gasteiger partial charge on any atom is -0.469 e. The van der Waals surface area contributed by atoms with E-state index < -0.39 is 0 Å². The topological polar surface area (TPSA) is 49.9 Å². The van der Waals surface area contributed by atoms with Crippen molar-refractivity contribution in [2.75, 3.05) is 26.7 Å². The minimum absolute atomic E-state index is 0.111. The van der Waals surface area contributed by atoms with Gasteiger partial charge in [-0.3, -0.25) is 14.5 Å². The zero-order valence-electron chi connectivity index (χ0n) is 15.9. The van der Waals surface area contributed by atoms with Crippen molar-refractivity contribution in [1.82, 2.24) is 9.80 Å². The van der Waals surface area contributed by atoms with Crippen molar-refractivity contribution in [1.29, 1.82) is 0 Å². The largest absolute Gasteiger partial charge is 0.469 e. The van der Waals surface area contributed by atoms with E-state index >= 15 is 0 Å². The Morgan fingerprint density at radius 3 is 2.78 bits per heavy atom. The summed E-state index contributed by atoms with van der Waals surface area (Å²) in [4.78, 5) is 30.1. The van der Waals surface area contributed by atoms with Crippen LogP contribution >= 0.6 is 11.3 Å². The third-order valence-electron chi connectivity index (χ3n) is 4.90. The van der Waals surface area contributed by atoms with Gasteiger partial charge in [-0.2, -0.15) is 0 Å². The molecular formula is C21H26N2O3S. The lowest BCUT2D eigenvalue weighted by Crippen LogP contribution is -2.44. The third-order valence-corrected chi connectivity index (χ3v) is 5.93. The Morgan fingerprint density at radius 2 is 2.04 bits per heavy atom. The van der Waals surface area contributed by atoms with E-state index in [1.54, 1.807) is 11.3 Å². The molecule has 5 nitrogen and oxygen atoms in total. The summed E-state index contributed by atoms with van der Waals surface area (Å²) in [5.74, 6) is -0.419. The summed E-state index contributed by atoms with van der Waals surface area (Å²) in [5.41, 5.74) is 2.39. The quantitative estimate of drug-likeness (QED) is 0.687. The Hall–Kier alpha value is -2.18. The molecule has 3 rings (SSSR count). The summed E-state index contributed by atoms with van der Waals surface area (Å²) in [5, 5.41) is 2.10. The van der Waals surface area contributed by atoms with Gasteiger partial charge in [0.1, 0.15) is 0 Å². The molecule has 0 fully saturated rings. The minimum atomic E-state index is -0.281. The van der Waals surface area contributed by atoms with Gasteiger partial charge >= 0.3 is 5.97 Å². The fraction of sp³-hybridized carbons (Fsp3) is 0.429. The zero-order chi connectivity index (χ0) is 19.2. The smallest absolute Gasteiger partial charge is 0.309 e. The molecule has 0 N–H and O–H groups in total. The van der Waals surface area contributed by atoms with Gasteiger partial charge in [-0.15, -0.1) is 11.3 Å². The van der Waals surface area contributed by atoms with Crippen LogP contribution in [0.1, 0.15) is 22.9 Å².